The average molecular weight is 485 g/mol. The molecule has 0 spiro atoms. The van der Waals surface area contributed by atoms with E-state index in [0.717, 1.165) is 5.39 Å². The van der Waals surface area contributed by atoms with Crippen molar-refractivity contribution in [3.8, 4) is 0 Å². The number of fused-ring (bicyclic) bond motifs is 1. The zero-order valence-electron chi connectivity index (χ0n) is 21.2. The summed E-state index contributed by atoms with van der Waals surface area (Å²) >= 11 is 1.41. The largest absolute Gasteiger partial charge is 0.295 e. The molecule has 2 rings (SSSR count). The molecule has 0 aliphatic carbocycles. The standard InChI is InChI=1S/C18H37.C10H8O3S.Na/c1-3-5-7-9-11-13-15-17-18-16-14-12-10-8-6-4-2;11-14(12,13)10-7-3-5-8-4-1-2-6-9(8)10;/h1,3-18H2,2H3;1-7H,(H,11,12,13);. The third kappa shape index (κ3) is 15.3. The first kappa shape index (κ1) is 30.6. The fraction of sp³-hybridized carbons (Fsp3) is 0.643. The van der Waals surface area contributed by atoms with E-state index in [1.54, 1.807) is 30.3 Å². The van der Waals surface area contributed by atoms with Crippen molar-refractivity contribution in [3.05, 3.63) is 42.5 Å². The summed E-state index contributed by atoms with van der Waals surface area (Å²) in [6.07, 6.45) is 23.7. The molecule has 0 radical (unpaired) electrons. The molecule has 0 fully saturated rings. The molecule has 0 amide bonds. The Labute approximate surface area is 221 Å². The number of unbranched alkanes of at least 4 members (excludes halogenated alkanes) is 15. The number of hydrogen-bond acceptors (Lipinski definition) is 2. The van der Waals surface area contributed by atoms with Gasteiger partial charge in [0.2, 0.25) is 0 Å². The molecule has 0 atom stereocenters. The fourth-order valence-electron chi connectivity index (χ4n) is 4.22. The van der Waals surface area contributed by atoms with Crippen LogP contribution >= 0.6 is 0 Å². The summed E-state index contributed by atoms with van der Waals surface area (Å²) in [6, 6.07) is 11.8. The van der Waals surface area contributed by atoms with Gasteiger partial charge in [-0.15, -0.1) is 0 Å². The van der Waals surface area contributed by atoms with Crippen LogP contribution in [0.15, 0.2) is 47.4 Å². The first-order chi connectivity index (χ1) is 16.0. The zero-order chi connectivity index (χ0) is 24.2. The second-order valence-electron chi connectivity index (χ2n) is 9.26. The van der Waals surface area contributed by atoms with Crippen LogP contribution in [0.3, 0.4) is 0 Å². The smallest absolute Gasteiger partial charge is 0.282 e. The fourth-order valence-corrected chi connectivity index (χ4v) is 5.43. The summed E-state index contributed by atoms with van der Waals surface area (Å²) in [7, 11) is -4.13. The molecule has 0 aromatic heterocycles. The van der Waals surface area contributed by atoms with Gasteiger partial charge in [-0.1, -0.05) is 75.4 Å². The Kier molecular flexibility index (Phi) is 18.4. The van der Waals surface area contributed by atoms with Gasteiger partial charge < -0.3 is 0 Å². The number of hydrogen-bond donors (Lipinski definition) is 1. The van der Waals surface area contributed by atoms with Gasteiger partial charge in [-0.25, -0.2) is 0 Å². The zero-order valence-corrected chi connectivity index (χ0v) is 24.1. The van der Waals surface area contributed by atoms with E-state index in [9.17, 15) is 8.42 Å². The van der Waals surface area contributed by atoms with E-state index in [1.807, 2.05) is 6.07 Å². The predicted octanol–water partition coefficient (Wildman–Crippen LogP) is 8.92. The first-order valence-corrected chi connectivity index (χ1v) is 16.3. The van der Waals surface area contributed by atoms with Crippen molar-refractivity contribution in [2.45, 2.75) is 118 Å². The van der Waals surface area contributed by atoms with Crippen molar-refractivity contribution < 1.29 is 13.0 Å². The summed E-state index contributed by atoms with van der Waals surface area (Å²) in [5.41, 5.74) is 0. The van der Waals surface area contributed by atoms with E-state index >= 15 is 0 Å². The minimum absolute atomic E-state index is 0.0457. The van der Waals surface area contributed by atoms with Crippen LogP contribution in [0.5, 0.6) is 0 Å². The summed E-state index contributed by atoms with van der Waals surface area (Å²) in [5.74, 6) is 0. The second kappa shape index (κ2) is 19.9. The van der Waals surface area contributed by atoms with Gasteiger partial charge in [0.15, 0.2) is 0 Å². The first-order valence-electron chi connectivity index (χ1n) is 13.5. The van der Waals surface area contributed by atoms with E-state index in [1.165, 1.54) is 140 Å². The normalized spacial score (nSPS) is 11.4. The van der Waals surface area contributed by atoms with Crippen molar-refractivity contribution in [1.82, 2.24) is 0 Å². The van der Waals surface area contributed by atoms with E-state index in [2.05, 4.69) is 6.92 Å². The Balaban J connectivity index is 0.000000342. The van der Waals surface area contributed by atoms with Crippen molar-refractivity contribution in [2.24, 2.45) is 0 Å². The summed E-state index contributed by atoms with van der Waals surface area (Å²) < 4.78 is 32.5. The van der Waals surface area contributed by atoms with Crippen molar-refractivity contribution >= 4 is 48.8 Å². The Morgan fingerprint density at radius 1 is 0.636 bits per heavy atom. The van der Waals surface area contributed by atoms with Crippen LogP contribution in [0.1, 0.15) is 110 Å². The van der Waals surface area contributed by atoms with Crippen LogP contribution in [0.2, 0.25) is 3.67 Å². The van der Waals surface area contributed by atoms with Gasteiger partial charge in [-0.2, -0.15) is 8.42 Å². The maximum absolute atomic E-state index is 11.0. The minimum atomic E-state index is -4.13. The molecular weight excluding hydrogens is 439 g/mol. The van der Waals surface area contributed by atoms with E-state index in [-0.39, 0.29) is 4.90 Å². The third-order valence-corrected chi connectivity index (χ3v) is 7.85. The van der Waals surface area contributed by atoms with Gasteiger partial charge in [-0.3, -0.25) is 4.55 Å². The van der Waals surface area contributed by atoms with Gasteiger partial charge >= 0.3 is 102 Å². The van der Waals surface area contributed by atoms with Crippen molar-refractivity contribution in [3.63, 3.8) is 0 Å². The summed E-state index contributed by atoms with van der Waals surface area (Å²) in [5, 5.41) is 1.33. The van der Waals surface area contributed by atoms with E-state index in [4.69, 9.17) is 4.55 Å². The molecule has 1 N–H and O–H groups in total. The third-order valence-electron chi connectivity index (χ3n) is 6.23. The van der Waals surface area contributed by atoms with Crippen LogP contribution in [0.4, 0.5) is 0 Å². The van der Waals surface area contributed by atoms with E-state index in [0.29, 0.717) is 5.39 Å². The molecule has 2 aromatic rings. The van der Waals surface area contributed by atoms with Gasteiger partial charge in [0.25, 0.3) is 10.1 Å². The van der Waals surface area contributed by atoms with Crippen LogP contribution < -0.4 is 0 Å². The molecule has 182 valence electrons. The second-order valence-corrected chi connectivity index (χ2v) is 11.6. The number of rotatable bonds is 17. The van der Waals surface area contributed by atoms with E-state index < -0.39 is 10.1 Å². The van der Waals surface area contributed by atoms with Gasteiger partial charge in [0.05, 0.1) is 0 Å². The Morgan fingerprint density at radius 3 is 1.52 bits per heavy atom. The van der Waals surface area contributed by atoms with Crippen molar-refractivity contribution in [1.29, 1.82) is 0 Å². The average Bonchev–Trinajstić information content (AvgIpc) is 2.81. The SMILES string of the molecule is CCCCCCCCCCCCCCCCC[CH2][Na].O=S(=O)(O)c1cccc2ccccc12. The molecule has 0 aliphatic rings. The van der Waals surface area contributed by atoms with Gasteiger partial charge in [0.1, 0.15) is 4.90 Å². The molecule has 0 unspecified atom stereocenters. The summed E-state index contributed by atoms with van der Waals surface area (Å²) in [6.45, 7) is 2.30. The minimum Gasteiger partial charge on any atom is -0.282 e. The summed E-state index contributed by atoms with van der Waals surface area (Å²) in [4.78, 5) is -0.0457. The molecule has 0 saturated carbocycles. The molecule has 0 heterocycles. The molecular formula is C28H45NaO3S. The van der Waals surface area contributed by atoms with Crippen LogP contribution in [-0.4, -0.2) is 40.9 Å². The van der Waals surface area contributed by atoms with Gasteiger partial charge in [0, 0.05) is 5.39 Å². The molecule has 0 bridgehead atoms. The Morgan fingerprint density at radius 2 is 1.06 bits per heavy atom. The Bertz CT molecular complexity index is 815. The molecule has 33 heavy (non-hydrogen) atoms. The Hall–Kier alpha value is -0.390. The van der Waals surface area contributed by atoms with Gasteiger partial charge in [-0.05, 0) is 11.5 Å². The maximum Gasteiger partial charge on any atom is 0.295 e. The number of benzene rings is 2. The molecule has 0 aliphatic heterocycles. The monoisotopic (exact) mass is 484 g/mol. The topological polar surface area (TPSA) is 54.4 Å². The van der Waals surface area contributed by atoms with Crippen molar-refractivity contribution in [2.75, 3.05) is 0 Å². The molecule has 5 heteroatoms. The molecule has 3 nitrogen and oxygen atoms in total. The molecule has 2 aromatic carbocycles. The maximum atomic E-state index is 11.0. The van der Waals surface area contributed by atoms with Crippen LogP contribution in [-0.2, 0) is 10.1 Å². The predicted molar refractivity (Wildman–Crippen MR) is 144 cm³/mol. The van der Waals surface area contributed by atoms with Crippen LogP contribution in [0.25, 0.3) is 10.8 Å². The quantitative estimate of drug-likeness (QED) is 0.138. The van der Waals surface area contributed by atoms with Crippen LogP contribution in [0, 0.1) is 0 Å². The molecule has 0 saturated heterocycles.